The molecule has 0 spiro atoms. The van der Waals surface area contributed by atoms with Gasteiger partial charge in [0, 0.05) is 4.91 Å². The largest absolute Gasteiger partial charge is 0.480 e. The summed E-state index contributed by atoms with van der Waals surface area (Å²) < 4.78 is 4.84. The highest BCUT2D eigenvalue weighted by Gasteiger charge is 2.28. The molecule has 9 nitrogen and oxygen atoms in total. The predicted octanol–water partition coefficient (Wildman–Crippen LogP) is 1.04. The molecule has 1 amide bonds. The molecule has 3 N–H and O–H groups in total. The van der Waals surface area contributed by atoms with E-state index in [0.717, 1.165) is 5.56 Å². The highest BCUT2D eigenvalue weighted by atomic mass is 16.5. The fourth-order valence-corrected chi connectivity index (χ4v) is 1.44. The molecular weight excluding hydrogens is 280 g/mol. The molecule has 0 saturated heterocycles. The van der Waals surface area contributed by atoms with Crippen molar-refractivity contribution in [1.82, 2.24) is 5.32 Å². The number of carboxylic acid groups (broad SMARTS) is 1. The van der Waals surface area contributed by atoms with Crippen LogP contribution in [0.15, 0.2) is 35.4 Å². The molecule has 1 aromatic carbocycles. The number of hydrogen-bond acceptors (Lipinski definition) is 5. The third-order valence-electron chi connectivity index (χ3n) is 2.47. The molecule has 1 rings (SSSR count). The molecule has 0 heterocycles. The lowest BCUT2D eigenvalue weighted by Gasteiger charge is -2.18. The van der Waals surface area contributed by atoms with Gasteiger partial charge in [-0.05, 0) is 11.1 Å². The topological polar surface area (TPSA) is 145 Å². The molecule has 21 heavy (non-hydrogen) atoms. The van der Waals surface area contributed by atoms with Crippen LogP contribution in [0.1, 0.15) is 5.56 Å². The van der Waals surface area contributed by atoms with Gasteiger partial charge in [0.1, 0.15) is 6.61 Å². The molecule has 0 saturated carbocycles. The van der Waals surface area contributed by atoms with Crippen molar-refractivity contribution in [3.8, 4) is 0 Å². The lowest BCUT2D eigenvalue weighted by Crippen LogP contribution is -2.50. The number of nitrogens with one attached hydrogen (secondary N) is 1. The Bertz CT molecular complexity index is 530. The Morgan fingerprint density at radius 3 is 2.62 bits per heavy atom. The van der Waals surface area contributed by atoms with E-state index in [2.05, 4.69) is 10.0 Å². The summed E-state index contributed by atoms with van der Waals surface area (Å²) >= 11 is 0. The zero-order valence-corrected chi connectivity index (χ0v) is 10.9. The third-order valence-corrected chi connectivity index (χ3v) is 2.47. The molecule has 0 radical (unpaired) electrons. The van der Waals surface area contributed by atoms with Crippen LogP contribution < -0.4 is 5.32 Å². The van der Waals surface area contributed by atoms with Crippen LogP contribution in [0.4, 0.5) is 4.79 Å². The molecule has 0 bridgehead atoms. The van der Waals surface area contributed by atoms with Crippen LogP contribution in [0.25, 0.3) is 10.4 Å². The first-order valence-corrected chi connectivity index (χ1v) is 5.93. The third kappa shape index (κ3) is 5.81. The van der Waals surface area contributed by atoms with Crippen molar-refractivity contribution in [2.75, 3.05) is 6.54 Å². The maximum atomic E-state index is 11.5. The van der Waals surface area contributed by atoms with Gasteiger partial charge in [0.2, 0.25) is 0 Å². The van der Waals surface area contributed by atoms with Gasteiger partial charge in [-0.3, -0.25) is 0 Å². The van der Waals surface area contributed by atoms with Crippen LogP contribution in [0.2, 0.25) is 0 Å². The Hall–Kier alpha value is -2.77. The number of carbonyl (C=O) groups excluding carboxylic acids is 1. The monoisotopic (exact) mass is 294 g/mol. The first-order valence-electron chi connectivity index (χ1n) is 5.93. The Morgan fingerprint density at radius 2 is 2.05 bits per heavy atom. The standard InChI is InChI=1S/C12H14N4O5/c13-16-14-6-9(17)10(11(18)19)15-12(20)21-7-8-4-2-1-3-5-8/h1-5,9-10,17H,6-7H2,(H,15,20)(H,18,19)/t9?,10-/m0/s1. The van der Waals surface area contributed by atoms with Gasteiger partial charge in [0.15, 0.2) is 6.04 Å². The summed E-state index contributed by atoms with van der Waals surface area (Å²) in [5, 5.41) is 23.5. The van der Waals surface area contributed by atoms with E-state index in [1.54, 1.807) is 30.3 Å². The predicted molar refractivity (Wildman–Crippen MR) is 71.2 cm³/mol. The van der Waals surface area contributed by atoms with Crippen molar-refractivity contribution in [1.29, 1.82) is 0 Å². The number of aliphatic carboxylic acids is 1. The van der Waals surface area contributed by atoms with Gasteiger partial charge in [-0.15, -0.1) is 0 Å². The number of carbonyl (C=O) groups is 2. The number of amides is 1. The molecule has 2 atom stereocenters. The van der Waals surface area contributed by atoms with Crippen LogP contribution in [0.5, 0.6) is 0 Å². The second-order valence-electron chi connectivity index (χ2n) is 4.00. The smallest absolute Gasteiger partial charge is 0.408 e. The van der Waals surface area contributed by atoms with E-state index >= 15 is 0 Å². The van der Waals surface area contributed by atoms with Crippen molar-refractivity contribution >= 4 is 12.1 Å². The molecule has 1 aromatic rings. The average Bonchev–Trinajstić information content (AvgIpc) is 2.49. The maximum absolute atomic E-state index is 11.5. The second kappa shape index (κ2) is 8.41. The normalized spacial score (nSPS) is 12.6. The van der Waals surface area contributed by atoms with Gasteiger partial charge in [-0.25, -0.2) is 9.59 Å². The van der Waals surface area contributed by atoms with E-state index in [4.69, 9.17) is 15.4 Å². The fourth-order valence-electron chi connectivity index (χ4n) is 1.44. The minimum atomic E-state index is -1.63. The molecule has 0 fully saturated rings. The molecule has 9 heteroatoms. The number of azide groups is 1. The van der Waals surface area contributed by atoms with E-state index in [-0.39, 0.29) is 6.61 Å². The second-order valence-corrected chi connectivity index (χ2v) is 4.00. The highest BCUT2D eigenvalue weighted by Crippen LogP contribution is 2.02. The first-order chi connectivity index (χ1) is 10.0. The van der Waals surface area contributed by atoms with Crippen molar-refractivity contribution < 1.29 is 24.5 Å². The lowest BCUT2D eigenvalue weighted by atomic mass is 10.1. The number of hydrogen-bond donors (Lipinski definition) is 3. The average molecular weight is 294 g/mol. The Balaban J connectivity index is 2.52. The van der Waals surface area contributed by atoms with Gasteiger partial charge in [-0.1, -0.05) is 35.4 Å². The molecule has 0 aliphatic rings. The molecular formula is C12H14N4O5. The fraction of sp³-hybridized carbons (Fsp3) is 0.333. The van der Waals surface area contributed by atoms with Crippen molar-refractivity contribution in [3.63, 3.8) is 0 Å². The maximum Gasteiger partial charge on any atom is 0.408 e. The summed E-state index contributed by atoms with van der Waals surface area (Å²) in [6, 6.07) is 7.17. The van der Waals surface area contributed by atoms with Crippen molar-refractivity contribution in [2.24, 2.45) is 5.11 Å². The van der Waals surface area contributed by atoms with E-state index in [9.17, 15) is 14.7 Å². The number of benzene rings is 1. The van der Waals surface area contributed by atoms with Crippen LogP contribution in [0.3, 0.4) is 0 Å². The lowest BCUT2D eigenvalue weighted by molar-refractivity contribution is -0.142. The minimum absolute atomic E-state index is 0.0363. The van der Waals surface area contributed by atoms with E-state index < -0.39 is 30.8 Å². The zero-order chi connectivity index (χ0) is 15.7. The van der Waals surface area contributed by atoms with Crippen molar-refractivity contribution in [2.45, 2.75) is 18.8 Å². The van der Waals surface area contributed by atoms with Gasteiger partial charge < -0.3 is 20.3 Å². The van der Waals surface area contributed by atoms with Crippen LogP contribution >= 0.6 is 0 Å². The van der Waals surface area contributed by atoms with Gasteiger partial charge >= 0.3 is 12.1 Å². The van der Waals surface area contributed by atoms with Crippen molar-refractivity contribution in [3.05, 3.63) is 46.3 Å². The SMILES string of the molecule is [N-]=[N+]=NCC(O)[C@H](NC(=O)OCc1ccccc1)C(=O)O. The number of alkyl carbamates (subject to hydrolysis) is 1. The summed E-state index contributed by atoms with van der Waals surface area (Å²) in [6.07, 6.45) is -2.55. The number of carboxylic acids is 1. The summed E-state index contributed by atoms with van der Waals surface area (Å²) in [4.78, 5) is 24.8. The minimum Gasteiger partial charge on any atom is -0.480 e. The highest BCUT2D eigenvalue weighted by molar-refractivity contribution is 5.80. The molecule has 0 aliphatic carbocycles. The van der Waals surface area contributed by atoms with E-state index in [1.165, 1.54) is 0 Å². The number of ether oxygens (including phenoxy) is 1. The van der Waals surface area contributed by atoms with Gasteiger partial charge in [0.25, 0.3) is 0 Å². The summed E-state index contributed by atoms with van der Waals surface area (Å²) in [5.74, 6) is -1.47. The van der Waals surface area contributed by atoms with Crippen LogP contribution in [0, 0.1) is 0 Å². The molecule has 0 aromatic heterocycles. The van der Waals surface area contributed by atoms with Gasteiger partial charge in [-0.2, -0.15) is 0 Å². The Labute approximate surface area is 119 Å². The number of rotatable bonds is 7. The van der Waals surface area contributed by atoms with Gasteiger partial charge in [0.05, 0.1) is 12.6 Å². The Kier molecular flexibility index (Phi) is 6.52. The van der Waals surface area contributed by atoms with E-state index in [0.29, 0.717) is 0 Å². The van der Waals surface area contributed by atoms with Crippen LogP contribution in [-0.4, -0.2) is 41.0 Å². The number of aliphatic hydroxyl groups is 1. The summed E-state index contributed by atoms with van der Waals surface area (Å²) in [7, 11) is 0. The summed E-state index contributed by atoms with van der Waals surface area (Å²) in [5.41, 5.74) is 8.85. The number of nitrogens with zero attached hydrogens (tertiary/aromatic N) is 3. The number of aliphatic hydroxyl groups excluding tert-OH is 1. The molecule has 112 valence electrons. The molecule has 0 aliphatic heterocycles. The zero-order valence-electron chi connectivity index (χ0n) is 10.9. The quantitative estimate of drug-likeness (QED) is 0.391. The molecule has 1 unspecified atom stereocenters. The first kappa shape index (κ1) is 16.3. The van der Waals surface area contributed by atoms with E-state index in [1.807, 2.05) is 5.32 Å². The Morgan fingerprint density at radius 1 is 1.38 bits per heavy atom. The summed E-state index contributed by atoms with van der Waals surface area (Å²) in [6.45, 7) is -0.516. The van der Waals surface area contributed by atoms with Crippen LogP contribution in [-0.2, 0) is 16.1 Å².